The number of likely N-dealkylation sites (tertiary alicyclic amines) is 1. The molecule has 1 aliphatic heterocycles. The maximum atomic E-state index is 13.8. The minimum Gasteiger partial charge on any atom is -0.321 e. The molecule has 1 fully saturated rings. The first-order valence-electron chi connectivity index (χ1n) is 12.0. The molecule has 3 rings (SSSR count). The van der Waals surface area contributed by atoms with Crippen LogP contribution in [-0.2, 0) is 12.4 Å². The number of carbonyl (C=O) groups excluding carboxylic acids is 1. The first kappa shape index (κ1) is 28.7. The van der Waals surface area contributed by atoms with E-state index in [1.807, 2.05) is 6.92 Å². The van der Waals surface area contributed by atoms with Crippen molar-refractivity contribution in [2.24, 2.45) is 0 Å². The summed E-state index contributed by atoms with van der Waals surface area (Å²) < 4.78 is 94.0. The number of nitrogens with one attached hydrogen (secondary N) is 1. The van der Waals surface area contributed by atoms with Crippen molar-refractivity contribution in [1.82, 2.24) is 15.1 Å². The Morgan fingerprint density at radius 1 is 1.08 bits per heavy atom. The molecule has 1 N–H and O–H groups in total. The van der Waals surface area contributed by atoms with Gasteiger partial charge in [-0.15, -0.1) is 0 Å². The van der Waals surface area contributed by atoms with Gasteiger partial charge in [-0.1, -0.05) is 13.0 Å². The summed E-state index contributed by atoms with van der Waals surface area (Å²) in [5.74, 6) is -0.422. The van der Waals surface area contributed by atoms with Crippen molar-refractivity contribution in [2.75, 3.05) is 20.1 Å². The molecule has 2 aromatic carbocycles. The Hall–Kier alpha value is -2.82. The van der Waals surface area contributed by atoms with Crippen molar-refractivity contribution >= 4 is 6.03 Å². The van der Waals surface area contributed by atoms with Crippen LogP contribution in [0.4, 0.5) is 35.5 Å². The quantitative estimate of drug-likeness (QED) is 0.416. The van der Waals surface area contributed by atoms with Crippen LogP contribution in [0, 0.1) is 12.7 Å². The zero-order valence-electron chi connectivity index (χ0n) is 21.0. The molecule has 0 saturated carbocycles. The summed E-state index contributed by atoms with van der Waals surface area (Å²) in [6, 6.07) is 3.63. The molecule has 0 radical (unpaired) electrons. The monoisotopic (exact) mass is 533 g/mol. The molecule has 2 aromatic rings. The average Bonchev–Trinajstić information content (AvgIpc) is 2.81. The zero-order valence-corrected chi connectivity index (χ0v) is 21.0. The number of benzene rings is 2. The Kier molecular flexibility index (Phi) is 8.46. The highest BCUT2D eigenvalue weighted by Gasteiger charge is 2.39. The molecule has 0 bridgehead atoms. The molecule has 3 atom stereocenters. The summed E-state index contributed by atoms with van der Waals surface area (Å²) >= 11 is 0. The van der Waals surface area contributed by atoms with Gasteiger partial charge in [-0.3, -0.25) is 0 Å². The third-order valence-electron chi connectivity index (χ3n) is 6.91. The van der Waals surface area contributed by atoms with Crippen LogP contribution in [0.15, 0.2) is 36.4 Å². The zero-order chi connectivity index (χ0) is 27.7. The molecule has 0 spiro atoms. The van der Waals surface area contributed by atoms with E-state index in [0.29, 0.717) is 43.6 Å². The summed E-state index contributed by atoms with van der Waals surface area (Å²) in [6.07, 6.45) is -8.84. The summed E-state index contributed by atoms with van der Waals surface area (Å²) in [4.78, 5) is 16.3. The Balaban J connectivity index is 1.96. The number of hydrogen-bond acceptors (Lipinski definition) is 2. The highest BCUT2D eigenvalue weighted by molar-refractivity contribution is 5.75. The van der Waals surface area contributed by atoms with Crippen LogP contribution < -0.4 is 5.32 Å². The van der Waals surface area contributed by atoms with E-state index >= 15 is 0 Å². The van der Waals surface area contributed by atoms with Gasteiger partial charge in [0.1, 0.15) is 5.82 Å². The van der Waals surface area contributed by atoms with Gasteiger partial charge in [0.25, 0.3) is 0 Å². The lowest BCUT2D eigenvalue weighted by Gasteiger charge is -2.43. The largest absolute Gasteiger partial charge is 0.416 e. The summed E-state index contributed by atoms with van der Waals surface area (Å²) in [5, 5.41) is 3.35. The van der Waals surface area contributed by atoms with E-state index in [0.717, 1.165) is 10.5 Å². The Bertz CT molecular complexity index is 1080. The van der Waals surface area contributed by atoms with E-state index in [4.69, 9.17) is 0 Å². The molecule has 1 heterocycles. The van der Waals surface area contributed by atoms with Crippen molar-refractivity contribution in [3.05, 3.63) is 70.0 Å². The molecular formula is C26H30F7N3O. The third kappa shape index (κ3) is 6.55. The highest BCUT2D eigenvalue weighted by atomic mass is 19.4. The van der Waals surface area contributed by atoms with Crippen molar-refractivity contribution in [1.29, 1.82) is 0 Å². The first-order valence-corrected chi connectivity index (χ1v) is 12.0. The number of alkyl halides is 6. The SMILES string of the molecule is CCN[C@@H]1CCN(C(=O)N(C)[C@H](C)c2cc(C(F)(F)F)cc(C(F)(F)F)c2)[C@@H](c2ccc(F)cc2C)C1. The van der Waals surface area contributed by atoms with Gasteiger partial charge >= 0.3 is 18.4 Å². The fourth-order valence-corrected chi connectivity index (χ4v) is 4.79. The van der Waals surface area contributed by atoms with Crippen molar-refractivity contribution in [3.8, 4) is 0 Å². The standard InChI is InChI=1S/C26H30F7N3O/c1-5-34-21-8-9-36(23(14-21)22-7-6-20(27)10-15(22)2)24(37)35(4)16(3)17-11-18(25(28,29)30)13-19(12-17)26(31,32)33/h6-7,10-13,16,21,23,34H,5,8-9,14H2,1-4H3/t16-,21-,23-/m1/s1. The van der Waals surface area contributed by atoms with Crippen LogP contribution in [0.25, 0.3) is 0 Å². The topological polar surface area (TPSA) is 35.6 Å². The number of piperidine rings is 1. The van der Waals surface area contributed by atoms with Gasteiger partial charge in [-0.2, -0.15) is 26.3 Å². The molecule has 0 aliphatic carbocycles. The molecule has 37 heavy (non-hydrogen) atoms. The van der Waals surface area contributed by atoms with Gasteiger partial charge in [-0.25, -0.2) is 9.18 Å². The van der Waals surface area contributed by atoms with Crippen LogP contribution in [0.1, 0.15) is 66.6 Å². The second-order valence-electron chi connectivity index (χ2n) is 9.40. The molecular weight excluding hydrogens is 503 g/mol. The predicted molar refractivity (Wildman–Crippen MR) is 125 cm³/mol. The summed E-state index contributed by atoms with van der Waals surface area (Å²) in [7, 11) is 1.35. The lowest BCUT2D eigenvalue weighted by atomic mass is 9.89. The number of hydrogen-bond donors (Lipinski definition) is 1. The Labute approximate surface area is 211 Å². The number of halogens is 7. The summed E-state index contributed by atoms with van der Waals surface area (Å²) in [5.41, 5.74) is -1.78. The fraction of sp³-hybridized carbons (Fsp3) is 0.500. The van der Waals surface area contributed by atoms with E-state index in [2.05, 4.69) is 5.32 Å². The molecule has 11 heteroatoms. The molecule has 0 aromatic heterocycles. The number of urea groups is 1. The Morgan fingerprint density at radius 3 is 2.19 bits per heavy atom. The van der Waals surface area contributed by atoms with Crippen LogP contribution in [0.5, 0.6) is 0 Å². The third-order valence-corrected chi connectivity index (χ3v) is 6.91. The Morgan fingerprint density at radius 2 is 1.68 bits per heavy atom. The first-order chi connectivity index (χ1) is 17.1. The fourth-order valence-electron chi connectivity index (χ4n) is 4.79. The van der Waals surface area contributed by atoms with Gasteiger partial charge in [0.05, 0.1) is 23.2 Å². The molecule has 0 unspecified atom stereocenters. The van der Waals surface area contributed by atoms with Gasteiger partial charge < -0.3 is 15.1 Å². The van der Waals surface area contributed by atoms with E-state index in [1.165, 1.54) is 26.1 Å². The van der Waals surface area contributed by atoms with Crippen LogP contribution in [0.2, 0.25) is 0 Å². The lowest BCUT2D eigenvalue weighted by Crippen LogP contribution is -2.51. The number of carbonyl (C=O) groups is 1. The van der Waals surface area contributed by atoms with E-state index in [-0.39, 0.29) is 17.7 Å². The van der Waals surface area contributed by atoms with E-state index in [9.17, 15) is 35.5 Å². The molecule has 2 amide bonds. The van der Waals surface area contributed by atoms with Gasteiger partial charge in [-0.05, 0) is 80.3 Å². The molecule has 1 saturated heterocycles. The number of rotatable bonds is 5. The van der Waals surface area contributed by atoms with Crippen LogP contribution >= 0.6 is 0 Å². The number of amides is 2. The predicted octanol–water partition coefficient (Wildman–Crippen LogP) is 7.10. The van der Waals surface area contributed by atoms with Crippen molar-refractivity contribution in [3.63, 3.8) is 0 Å². The minimum absolute atomic E-state index is 0.0664. The molecule has 4 nitrogen and oxygen atoms in total. The molecule has 1 aliphatic rings. The van der Waals surface area contributed by atoms with Gasteiger partial charge in [0.2, 0.25) is 0 Å². The maximum absolute atomic E-state index is 13.8. The maximum Gasteiger partial charge on any atom is 0.416 e. The van der Waals surface area contributed by atoms with Gasteiger partial charge in [0, 0.05) is 19.6 Å². The number of aryl methyl sites for hydroxylation is 1. The van der Waals surface area contributed by atoms with Crippen LogP contribution in [0.3, 0.4) is 0 Å². The van der Waals surface area contributed by atoms with Crippen LogP contribution in [-0.4, -0.2) is 42.0 Å². The number of nitrogens with zero attached hydrogens (tertiary/aromatic N) is 2. The minimum atomic E-state index is -4.99. The van der Waals surface area contributed by atoms with E-state index in [1.54, 1.807) is 17.9 Å². The van der Waals surface area contributed by atoms with Gasteiger partial charge in [0.15, 0.2) is 0 Å². The normalized spacial score (nSPS) is 19.6. The second-order valence-corrected chi connectivity index (χ2v) is 9.40. The van der Waals surface area contributed by atoms with Crippen molar-refractivity contribution < 1.29 is 35.5 Å². The molecule has 204 valence electrons. The smallest absolute Gasteiger partial charge is 0.321 e. The lowest BCUT2D eigenvalue weighted by molar-refractivity contribution is -0.143. The van der Waals surface area contributed by atoms with Crippen molar-refractivity contribution in [2.45, 2.75) is 64.1 Å². The highest BCUT2D eigenvalue weighted by Crippen LogP contribution is 2.39. The summed E-state index contributed by atoms with van der Waals surface area (Å²) in [6.45, 7) is 6.09. The van der Waals surface area contributed by atoms with E-state index < -0.39 is 47.4 Å². The average molecular weight is 534 g/mol. The second kappa shape index (κ2) is 10.9.